The van der Waals surface area contributed by atoms with Crippen molar-refractivity contribution in [1.82, 2.24) is 14.5 Å². The minimum Gasteiger partial charge on any atom is -0.494 e. The van der Waals surface area contributed by atoms with E-state index in [0.29, 0.717) is 33.8 Å². The summed E-state index contributed by atoms with van der Waals surface area (Å²) in [7, 11) is 0. The van der Waals surface area contributed by atoms with Crippen LogP contribution in [0.25, 0.3) is 11.8 Å². The highest BCUT2D eigenvalue weighted by Gasteiger charge is 2.21. The molecule has 2 aliphatic heterocycles. The number of likely N-dealkylation sites (tertiary alicyclic amines) is 1. The molecule has 0 radical (unpaired) electrons. The number of ether oxygens (including phenoxy) is 1. The van der Waals surface area contributed by atoms with Crippen molar-refractivity contribution in [3.63, 3.8) is 0 Å². The van der Waals surface area contributed by atoms with E-state index in [1.807, 2.05) is 30.3 Å². The second kappa shape index (κ2) is 11.5. The van der Waals surface area contributed by atoms with Gasteiger partial charge in [-0.2, -0.15) is 0 Å². The second-order valence-electron chi connectivity index (χ2n) is 8.47. The van der Waals surface area contributed by atoms with Crippen LogP contribution in [0.4, 0.5) is 0 Å². The van der Waals surface area contributed by atoms with Gasteiger partial charge < -0.3 is 14.7 Å². The molecule has 3 aromatic rings. The number of allylic oxidation sites excluding steroid dienone is 1. The molecule has 11 heteroatoms. The third kappa shape index (κ3) is 6.04. The number of rotatable bonds is 7. The molecule has 2 aromatic carbocycles. The molecule has 0 spiro atoms. The fourth-order valence-electron chi connectivity index (χ4n) is 4.08. The highest BCUT2D eigenvalue weighted by Crippen LogP contribution is 2.33. The van der Waals surface area contributed by atoms with Crippen LogP contribution >= 0.6 is 35.6 Å². The predicted molar refractivity (Wildman–Crippen MR) is 152 cm³/mol. The monoisotopic (exact) mass is 553 g/mol. The van der Waals surface area contributed by atoms with Crippen molar-refractivity contribution < 1.29 is 9.84 Å². The topological polar surface area (TPSA) is 95.2 Å². The molecule has 2 aliphatic rings. The van der Waals surface area contributed by atoms with Gasteiger partial charge in [0.1, 0.15) is 22.2 Å². The van der Waals surface area contributed by atoms with Gasteiger partial charge in [0.15, 0.2) is 9.94 Å². The van der Waals surface area contributed by atoms with E-state index >= 15 is 0 Å². The van der Waals surface area contributed by atoms with E-state index in [2.05, 4.69) is 19.9 Å². The van der Waals surface area contributed by atoms with Crippen LogP contribution < -0.4 is 10.3 Å². The van der Waals surface area contributed by atoms with E-state index in [9.17, 15) is 9.90 Å². The number of halogens is 1. The minimum absolute atomic E-state index is 0.0207. The van der Waals surface area contributed by atoms with E-state index < -0.39 is 5.56 Å². The molecule has 0 aliphatic carbocycles. The highest BCUT2D eigenvalue weighted by molar-refractivity contribution is 8.18. The first-order chi connectivity index (χ1) is 18.0. The van der Waals surface area contributed by atoms with E-state index in [4.69, 9.17) is 28.6 Å². The van der Waals surface area contributed by atoms with Crippen molar-refractivity contribution >= 4 is 52.0 Å². The van der Waals surface area contributed by atoms with Gasteiger partial charge in [-0.1, -0.05) is 29.8 Å². The maximum absolute atomic E-state index is 12.7. The van der Waals surface area contributed by atoms with Crippen LogP contribution in [0, 0.1) is 4.77 Å². The maximum atomic E-state index is 12.7. The first-order valence-electron chi connectivity index (χ1n) is 11.8. The largest absolute Gasteiger partial charge is 0.494 e. The predicted octanol–water partition coefficient (Wildman–Crippen LogP) is 5.57. The molecule has 0 bridgehead atoms. The minimum atomic E-state index is -0.528. The van der Waals surface area contributed by atoms with Gasteiger partial charge in [0, 0.05) is 6.54 Å². The van der Waals surface area contributed by atoms with E-state index in [1.54, 1.807) is 24.3 Å². The summed E-state index contributed by atoms with van der Waals surface area (Å²) >= 11 is 12.9. The molecule has 0 unspecified atom stereocenters. The summed E-state index contributed by atoms with van der Waals surface area (Å²) in [4.78, 5) is 27.1. The normalized spacial score (nSPS) is 18.0. The lowest BCUT2D eigenvalue weighted by molar-refractivity contribution is 0.349. The van der Waals surface area contributed by atoms with Gasteiger partial charge in [-0.3, -0.25) is 19.3 Å². The number of benzene rings is 2. The van der Waals surface area contributed by atoms with Crippen LogP contribution in [0.3, 0.4) is 0 Å². The molecule has 3 heterocycles. The van der Waals surface area contributed by atoms with Crippen LogP contribution in [-0.2, 0) is 0 Å². The molecule has 1 aromatic heterocycles. The summed E-state index contributed by atoms with van der Waals surface area (Å²) in [5, 5.41) is 11.8. The van der Waals surface area contributed by atoms with E-state index in [0.717, 1.165) is 19.6 Å². The van der Waals surface area contributed by atoms with Crippen LogP contribution in [0.1, 0.15) is 18.4 Å². The van der Waals surface area contributed by atoms with E-state index in [-0.39, 0.29) is 21.4 Å². The fourth-order valence-corrected chi connectivity index (χ4v) is 5.46. The number of amidine groups is 1. The molecule has 190 valence electrons. The van der Waals surface area contributed by atoms with Crippen molar-refractivity contribution in [1.29, 1.82) is 0 Å². The van der Waals surface area contributed by atoms with Gasteiger partial charge in [0.25, 0.3) is 5.56 Å². The Labute approximate surface area is 228 Å². The van der Waals surface area contributed by atoms with Crippen molar-refractivity contribution in [3.05, 3.63) is 80.2 Å². The molecule has 2 N–H and O–H groups in total. The Morgan fingerprint density at radius 3 is 2.57 bits per heavy atom. The Hall–Kier alpha value is -3.18. The number of hydrogen-bond donors (Lipinski definition) is 2. The Morgan fingerprint density at radius 2 is 1.84 bits per heavy atom. The van der Waals surface area contributed by atoms with Gasteiger partial charge in [-0.25, -0.2) is 4.99 Å². The van der Waals surface area contributed by atoms with Gasteiger partial charge in [0.2, 0.25) is 5.88 Å². The van der Waals surface area contributed by atoms with Crippen molar-refractivity contribution in [2.75, 3.05) is 26.2 Å². The molecule has 1 saturated heterocycles. The average Bonchev–Trinajstić information content (AvgIpc) is 3.53. The van der Waals surface area contributed by atoms with Gasteiger partial charge in [0.05, 0.1) is 17.1 Å². The zero-order valence-electron chi connectivity index (χ0n) is 19.8. The quantitative estimate of drug-likeness (QED) is 0.371. The summed E-state index contributed by atoms with van der Waals surface area (Å²) in [5.41, 5.74) is 0.0500. The number of H-pyrrole nitrogens is 1. The third-order valence-electron chi connectivity index (χ3n) is 5.93. The number of para-hydroxylation sites is 1. The molecule has 0 amide bonds. The number of aromatic amines is 1. The van der Waals surface area contributed by atoms with E-state index in [1.165, 1.54) is 35.2 Å². The van der Waals surface area contributed by atoms with Crippen molar-refractivity contribution in [2.24, 2.45) is 9.98 Å². The van der Waals surface area contributed by atoms with Gasteiger partial charge >= 0.3 is 0 Å². The maximum Gasteiger partial charge on any atom is 0.262 e. The second-order valence-corrected chi connectivity index (χ2v) is 10.2. The Kier molecular flexibility index (Phi) is 7.90. The Morgan fingerprint density at radius 1 is 1.14 bits per heavy atom. The summed E-state index contributed by atoms with van der Waals surface area (Å²) in [6, 6.07) is 16.4. The molecule has 1 fully saturated rings. The molecule has 0 saturated carbocycles. The lowest BCUT2D eigenvalue weighted by atomic mass is 10.2. The number of nitrogens with one attached hydrogen (secondary N) is 1. The standard InChI is InChI=1S/C26H24ClN5O3S2/c27-22-21(37-25(29-22)28-12-15-31-13-4-5-14-31)16-20-23(33)30-26(36)32(24(20)34)17-8-10-19(11-9-17)35-18-6-2-1-3-7-18/h1-3,6-11,16,34H,4-5,12-15H2,(H,30,33,36). The molecular formula is C26H24ClN5O3S2. The zero-order chi connectivity index (χ0) is 25.8. The molecule has 5 rings (SSSR count). The molecule has 0 atom stereocenters. The number of aromatic nitrogens is 2. The summed E-state index contributed by atoms with van der Waals surface area (Å²) < 4.78 is 7.27. The van der Waals surface area contributed by atoms with Crippen LogP contribution in [-0.4, -0.2) is 56.1 Å². The van der Waals surface area contributed by atoms with Crippen LogP contribution in [0.2, 0.25) is 0 Å². The van der Waals surface area contributed by atoms with Gasteiger partial charge in [-0.15, -0.1) is 0 Å². The first-order valence-corrected chi connectivity index (χ1v) is 13.4. The molecule has 37 heavy (non-hydrogen) atoms. The van der Waals surface area contributed by atoms with Crippen molar-refractivity contribution in [2.45, 2.75) is 12.8 Å². The zero-order valence-corrected chi connectivity index (χ0v) is 22.2. The number of thioether (sulfide) groups is 1. The summed E-state index contributed by atoms with van der Waals surface area (Å²) in [5.74, 6) is 1.02. The average molecular weight is 554 g/mol. The van der Waals surface area contributed by atoms with Gasteiger partial charge in [-0.05, 0) is 92.4 Å². The Bertz CT molecular complexity index is 1490. The number of hydrogen-bond acceptors (Lipinski definition) is 7. The molecular weight excluding hydrogens is 530 g/mol. The fraction of sp³-hybridized carbons (Fsp3) is 0.231. The van der Waals surface area contributed by atoms with Crippen molar-refractivity contribution in [3.8, 4) is 23.1 Å². The summed E-state index contributed by atoms with van der Waals surface area (Å²) in [6.45, 7) is 3.73. The van der Waals surface area contributed by atoms with Crippen LogP contribution in [0.5, 0.6) is 17.4 Å². The smallest absolute Gasteiger partial charge is 0.262 e. The lowest BCUT2D eigenvalue weighted by Gasteiger charge is -2.13. The SMILES string of the molecule is O=c1[nH]c(=S)n(-c2ccc(Oc3ccccc3)cc2)c(O)c1C=C1SC(=NCCN2CCCC2)N=C1Cl. The third-order valence-corrected chi connectivity index (χ3v) is 7.55. The molecule has 8 nitrogen and oxygen atoms in total. The number of aromatic hydroxyl groups is 1. The lowest BCUT2D eigenvalue weighted by Crippen LogP contribution is -2.22. The summed E-state index contributed by atoms with van der Waals surface area (Å²) in [6.07, 6.45) is 3.97. The number of aliphatic imine (C=N–C) groups is 2. The highest BCUT2D eigenvalue weighted by atomic mass is 35.5. The van der Waals surface area contributed by atoms with Crippen LogP contribution in [0.15, 0.2) is 74.3 Å². The Balaban J connectivity index is 1.37. The number of nitrogens with zero attached hydrogens (tertiary/aromatic N) is 4. The first kappa shape index (κ1) is 25.5.